The number of aliphatic hydroxyl groups excluding tert-OH is 3. The fourth-order valence-electron chi connectivity index (χ4n) is 1.08. The van der Waals surface area contributed by atoms with E-state index in [1.807, 2.05) is 0 Å². The van der Waals surface area contributed by atoms with Crippen LogP contribution in [0.3, 0.4) is 0 Å². The lowest BCUT2D eigenvalue weighted by molar-refractivity contribution is -0.197. The molecule has 4 heteroatoms. The summed E-state index contributed by atoms with van der Waals surface area (Å²) in [7, 11) is 0. The zero-order valence-electron chi connectivity index (χ0n) is 5.60. The second-order valence-corrected chi connectivity index (χ2v) is 2.52. The topological polar surface area (TPSA) is 69.9 Å². The molecule has 1 aliphatic heterocycles. The van der Waals surface area contributed by atoms with Gasteiger partial charge in [0.25, 0.3) is 0 Å². The van der Waals surface area contributed by atoms with Gasteiger partial charge < -0.3 is 20.1 Å². The Kier molecular flexibility index (Phi) is 2.62. The van der Waals surface area contributed by atoms with Gasteiger partial charge in [-0.25, -0.2) is 0 Å². The van der Waals surface area contributed by atoms with E-state index in [1.54, 1.807) is 0 Å². The summed E-state index contributed by atoms with van der Waals surface area (Å²) < 4.78 is 4.85. The van der Waals surface area contributed by atoms with Gasteiger partial charge in [-0.2, -0.15) is 0 Å². The molecule has 60 valence electrons. The lowest BCUT2D eigenvalue weighted by Gasteiger charge is -2.28. The smallest absolute Gasteiger partial charge is 0.157 e. The summed E-state index contributed by atoms with van der Waals surface area (Å²) in [6, 6.07) is 0. The van der Waals surface area contributed by atoms with Crippen LogP contribution in [-0.4, -0.2) is 40.4 Å². The molecule has 0 aliphatic carbocycles. The number of ether oxygens (including phenoxy) is 1. The molecule has 1 fully saturated rings. The van der Waals surface area contributed by atoms with E-state index in [-0.39, 0.29) is 13.0 Å². The predicted octanol–water partition coefficient (Wildman–Crippen LogP) is -1.16. The molecule has 0 aromatic rings. The lowest BCUT2D eigenvalue weighted by Crippen LogP contribution is -2.37. The summed E-state index contributed by atoms with van der Waals surface area (Å²) in [4.78, 5) is 0. The lowest BCUT2D eigenvalue weighted by atomic mass is 10.1. The van der Waals surface area contributed by atoms with Gasteiger partial charge in [-0.05, 0) is 0 Å². The van der Waals surface area contributed by atoms with Crippen molar-refractivity contribution in [1.82, 2.24) is 0 Å². The molecule has 0 saturated carbocycles. The first-order valence-electron chi connectivity index (χ1n) is 3.35. The zero-order chi connectivity index (χ0) is 7.56. The van der Waals surface area contributed by atoms with Gasteiger partial charge in [0.15, 0.2) is 6.29 Å². The van der Waals surface area contributed by atoms with Crippen LogP contribution in [0.25, 0.3) is 0 Å². The maximum absolute atomic E-state index is 9.03. The Hall–Kier alpha value is -0.160. The molecule has 0 radical (unpaired) electrons. The predicted molar refractivity (Wildman–Crippen MR) is 33.2 cm³/mol. The van der Waals surface area contributed by atoms with Crippen LogP contribution < -0.4 is 0 Å². The molecule has 0 aromatic heterocycles. The van der Waals surface area contributed by atoms with Crippen molar-refractivity contribution < 1.29 is 20.1 Å². The minimum Gasteiger partial charge on any atom is -0.394 e. The van der Waals surface area contributed by atoms with E-state index in [4.69, 9.17) is 20.1 Å². The molecule has 10 heavy (non-hydrogen) atoms. The van der Waals surface area contributed by atoms with Crippen molar-refractivity contribution in [2.45, 2.75) is 31.3 Å². The number of hydrogen-bond donors (Lipinski definition) is 3. The van der Waals surface area contributed by atoms with Gasteiger partial charge in [0, 0.05) is 12.8 Å². The van der Waals surface area contributed by atoms with Gasteiger partial charge in [-0.15, -0.1) is 0 Å². The fourth-order valence-corrected chi connectivity index (χ4v) is 1.08. The average molecular weight is 148 g/mol. The number of aliphatic hydroxyl groups is 3. The molecule has 1 rings (SSSR count). The fraction of sp³-hybridized carbons (Fsp3) is 1.00. The van der Waals surface area contributed by atoms with Gasteiger partial charge in [0.2, 0.25) is 0 Å². The molecule has 1 aliphatic rings. The van der Waals surface area contributed by atoms with E-state index in [0.29, 0.717) is 6.42 Å². The molecule has 0 unspecified atom stereocenters. The monoisotopic (exact) mass is 148 g/mol. The van der Waals surface area contributed by atoms with Gasteiger partial charge in [-0.1, -0.05) is 0 Å². The highest BCUT2D eigenvalue weighted by atomic mass is 16.6. The third-order valence-corrected chi connectivity index (χ3v) is 1.56. The van der Waals surface area contributed by atoms with Crippen molar-refractivity contribution in [2.75, 3.05) is 6.61 Å². The Balaban J connectivity index is 2.35. The molecule has 1 saturated heterocycles. The van der Waals surface area contributed by atoms with E-state index >= 15 is 0 Å². The summed E-state index contributed by atoms with van der Waals surface area (Å²) in [5.41, 5.74) is 0. The molecule has 3 atom stereocenters. The highest BCUT2D eigenvalue weighted by molar-refractivity contribution is 4.71. The molecular weight excluding hydrogens is 136 g/mol. The highest BCUT2D eigenvalue weighted by Gasteiger charge is 2.25. The van der Waals surface area contributed by atoms with Crippen LogP contribution >= 0.6 is 0 Å². The second kappa shape index (κ2) is 3.30. The van der Waals surface area contributed by atoms with Crippen LogP contribution in [0.5, 0.6) is 0 Å². The molecular formula is C6H12O4. The minimum absolute atomic E-state index is 0.145. The van der Waals surface area contributed by atoms with Crippen LogP contribution in [-0.2, 0) is 4.74 Å². The van der Waals surface area contributed by atoms with Gasteiger partial charge in [-0.3, -0.25) is 0 Å². The van der Waals surface area contributed by atoms with Crippen molar-refractivity contribution in [3.8, 4) is 0 Å². The normalized spacial score (nSPS) is 41.7. The highest BCUT2D eigenvalue weighted by Crippen LogP contribution is 2.17. The Morgan fingerprint density at radius 1 is 1.30 bits per heavy atom. The average Bonchev–Trinajstić information content (AvgIpc) is 1.85. The van der Waals surface area contributed by atoms with Crippen molar-refractivity contribution >= 4 is 0 Å². The second-order valence-electron chi connectivity index (χ2n) is 2.52. The SMILES string of the molecule is OC[C@H]1C[C@@H](O)C[C@H](O)O1. The quantitative estimate of drug-likeness (QED) is 0.438. The number of hydrogen-bond acceptors (Lipinski definition) is 4. The summed E-state index contributed by atoms with van der Waals surface area (Å²) in [6.45, 7) is -0.145. The van der Waals surface area contributed by atoms with E-state index in [2.05, 4.69) is 0 Å². The molecule has 0 amide bonds. The van der Waals surface area contributed by atoms with Crippen LogP contribution in [0.15, 0.2) is 0 Å². The summed E-state index contributed by atoms with van der Waals surface area (Å²) in [5.74, 6) is 0. The van der Waals surface area contributed by atoms with E-state index in [9.17, 15) is 0 Å². The first-order chi connectivity index (χ1) is 4.72. The van der Waals surface area contributed by atoms with Crippen LogP contribution in [0.4, 0.5) is 0 Å². The molecule has 3 N–H and O–H groups in total. The minimum atomic E-state index is -0.916. The maximum atomic E-state index is 9.03. The van der Waals surface area contributed by atoms with E-state index in [1.165, 1.54) is 0 Å². The third kappa shape index (κ3) is 1.91. The molecule has 1 heterocycles. The van der Waals surface area contributed by atoms with Crippen molar-refractivity contribution in [3.05, 3.63) is 0 Å². The Bertz CT molecular complexity index is 95.9. The number of rotatable bonds is 1. The van der Waals surface area contributed by atoms with Gasteiger partial charge >= 0.3 is 0 Å². The Morgan fingerprint density at radius 3 is 2.50 bits per heavy atom. The van der Waals surface area contributed by atoms with E-state index in [0.717, 1.165) is 0 Å². The van der Waals surface area contributed by atoms with E-state index < -0.39 is 18.5 Å². The van der Waals surface area contributed by atoms with Crippen LogP contribution in [0.2, 0.25) is 0 Å². The third-order valence-electron chi connectivity index (χ3n) is 1.56. The largest absolute Gasteiger partial charge is 0.394 e. The molecule has 0 bridgehead atoms. The Morgan fingerprint density at radius 2 is 2.00 bits per heavy atom. The van der Waals surface area contributed by atoms with Crippen molar-refractivity contribution in [1.29, 1.82) is 0 Å². The molecule has 0 aromatic carbocycles. The molecule has 0 spiro atoms. The van der Waals surface area contributed by atoms with Crippen LogP contribution in [0.1, 0.15) is 12.8 Å². The van der Waals surface area contributed by atoms with Gasteiger partial charge in [0.1, 0.15) is 0 Å². The summed E-state index contributed by atoms with van der Waals surface area (Å²) >= 11 is 0. The molecule has 4 nitrogen and oxygen atoms in total. The van der Waals surface area contributed by atoms with Gasteiger partial charge in [0.05, 0.1) is 18.8 Å². The van der Waals surface area contributed by atoms with Crippen molar-refractivity contribution in [2.24, 2.45) is 0 Å². The van der Waals surface area contributed by atoms with Crippen molar-refractivity contribution in [3.63, 3.8) is 0 Å². The summed E-state index contributed by atoms with van der Waals surface area (Å²) in [5, 5.41) is 26.5. The zero-order valence-corrected chi connectivity index (χ0v) is 5.60. The standard InChI is InChI=1S/C6H12O4/c7-3-5-1-4(8)2-6(9)10-5/h4-9H,1-3H2/t4-,5-,6-/m1/s1. The van der Waals surface area contributed by atoms with Crippen LogP contribution in [0, 0.1) is 0 Å². The Labute approximate surface area is 59.1 Å². The summed E-state index contributed by atoms with van der Waals surface area (Å²) in [6.07, 6.45) is -1.20. The first-order valence-corrected chi connectivity index (χ1v) is 3.35. The maximum Gasteiger partial charge on any atom is 0.157 e. The first kappa shape index (κ1) is 7.94.